The Kier molecular flexibility index (Phi) is 5.75. The molecule has 5 rings (SSSR count). The summed E-state index contributed by atoms with van der Waals surface area (Å²) in [7, 11) is 0. The van der Waals surface area contributed by atoms with E-state index in [0.717, 1.165) is 26.5 Å². The molecule has 1 saturated heterocycles. The van der Waals surface area contributed by atoms with Crippen LogP contribution in [0.2, 0.25) is 0 Å². The van der Waals surface area contributed by atoms with Crippen LogP contribution in [0, 0.1) is 16.0 Å². The summed E-state index contributed by atoms with van der Waals surface area (Å²) in [5.74, 6) is -0.168. The van der Waals surface area contributed by atoms with E-state index in [1.54, 1.807) is 29.5 Å². The van der Waals surface area contributed by atoms with Crippen LogP contribution >= 0.6 is 11.3 Å². The van der Waals surface area contributed by atoms with Gasteiger partial charge in [0.05, 0.1) is 20.8 Å². The maximum Gasteiger partial charge on any atom is 0.292 e. The fourth-order valence-corrected chi connectivity index (χ4v) is 5.27. The number of para-hydroxylation sites is 4. The van der Waals surface area contributed by atoms with Crippen LogP contribution in [-0.4, -0.2) is 28.9 Å². The minimum Gasteiger partial charge on any atom is -0.366 e. The average Bonchev–Trinajstić information content (AvgIpc) is 3.28. The van der Waals surface area contributed by atoms with Crippen molar-refractivity contribution in [2.24, 2.45) is 5.92 Å². The molecule has 8 heteroatoms. The molecule has 3 aromatic carbocycles. The lowest BCUT2D eigenvalue weighted by Crippen LogP contribution is -2.38. The zero-order valence-corrected chi connectivity index (χ0v) is 18.6. The number of nitrogens with zero attached hydrogens (tertiary/aromatic N) is 3. The SMILES string of the molecule is O=C(Nc1ccccc1-c1nc2ccccc2s1)C1CCN(c2ccccc2[N+](=O)[O-])CC1. The second-order valence-electron chi connectivity index (χ2n) is 8.03. The molecule has 0 bridgehead atoms. The number of hydrogen-bond donors (Lipinski definition) is 1. The number of amides is 1. The van der Waals surface area contributed by atoms with Gasteiger partial charge in [-0.1, -0.05) is 36.4 Å². The van der Waals surface area contributed by atoms with Crippen LogP contribution in [0.4, 0.5) is 17.1 Å². The van der Waals surface area contributed by atoms with Gasteiger partial charge in [-0.3, -0.25) is 14.9 Å². The number of anilines is 2. The topological polar surface area (TPSA) is 88.4 Å². The summed E-state index contributed by atoms with van der Waals surface area (Å²) < 4.78 is 1.11. The highest BCUT2D eigenvalue weighted by Gasteiger charge is 2.28. The summed E-state index contributed by atoms with van der Waals surface area (Å²) >= 11 is 1.60. The standard InChI is InChI=1S/C25H22N4O3S/c30-24(17-13-15-28(16-14-17)21-10-4-5-11-22(21)29(31)32)26-19-8-2-1-7-18(19)25-27-20-9-3-6-12-23(20)33-25/h1-12,17H,13-16H2,(H,26,30). The van der Waals surface area contributed by atoms with E-state index in [2.05, 4.69) is 5.32 Å². The van der Waals surface area contributed by atoms with Gasteiger partial charge in [0.15, 0.2) is 0 Å². The highest BCUT2D eigenvalue weighted by Crippen LogP contribution is 2.35. The molecule has 0 unspecified atom stereocenters. The number of thiazole rings is 1. The average molecular weight is 459 g/mol. The first-order valence-electron chi connectivity index (χ1n) is 10.8. The molecular weight excluding hydrogens is 436 g/mol. The van der Waals surface area contributed by atoms with Crippen LogP contribution < -0.4 is 10.2 Å². The molecule has 33 heavy (non-hydrogen) atoms. The van der Waals surface area contributed by atoms with Crippen molar-refractivity contribution in [1.29, 1.82) is 0 Å². The van der Waals surface area contributed by atoms with Crippen molar-refractivity contribution < 1.29 is 9.72 Å². The predicted octanol–water partition coefficient (Wildman–Crippen LogP) is 5.73. The summed E-state index contributed by atoms with van der Waals surface area (Å²) in [5, 5.41) is 15.3. The summed E-state index contributed by atoms with van der Waals surface area (Å²) in [4.78, 5) is 30.8. The highest BCUT2D eigenvalue weighted by molar-refractivity contribution is 7.21. The monoisotopic (exact) mass is 458 g/mol. The van der Waals surface area contributed by atoms with E-state index in [1.165, 1.54) is 6.07 Å². The molecule has 0 spiro atoms. The first-order chi connectivity index (χ1) is 16.1. The first-order valence-corrected chi connectivity index (χ1v) is 11.7. The fourth-order valence-electron chi connectivity index (χ4n) is 4.27. The van der Waals surface area contributed by atoms with Gasteiger partial charge in [-0.25, -0.2) is 4.98 Å². The molecule has 4 aromatic rings. The second-order valence-corrected chi connectivity index (χ2v) is 9.06. The smallest absolute Gasteiger partial charge is 0.292 e. The summed E-state index contributed by atoms with van der Waals surface area (Å²) in [6.07, 6.45) is 1.28. The van der Waals surface area contributed by atoms with Crippen molar-refractivity contribution >= 4 is 44.5 Å². The third-order valence-corrected chi connectivity index (χ3v) is 7.06. The van der Waals surface area contributed by atoms with Gasteiger partial charge in [-0.05, 0) is 43.2 Å². The predicted molar refractivity (Wildman–Crippen MR) is 132 cm³/mol. The minimum atomic E-state index is -0.354. The number of nitro groups is 1. The molecule has 7 nitrogen and oxygen atoms in total. The molecule has 1 aliphatic heterocycles. The van der Waals surface area contributed by atoms with Gasteiger partial charge in [0, 0.05) is 30.6 Å². The molecule has 1 aromatic heterocycles. The van der Waals surface area contributed by atoms with Crippen LogP contribution in [0.15, 0.2) is 72.8 Å². The van der Waals surface area contributed by atoms with E-state index in [4.69, 9.17) is 4.98 Å². The van der Waals surface area contributed by atoms with Crippen LogP contribution in [0.3, 0.4) is 0 Å². The number of benzene rings is 3. The number of nitrogens with one attached hydrogen (secondary N) is 1. The number of carbonyl (C=O) groups is 1. The van der Waals surface area contributed by atoms with Crippen LogP contribution in [-0.2, 0) is 4.79 Å². The van der Waals surface area contributed by atoms with E-state index < -0.39 is 0 Å². The zero-order chi connectivity index (χ0) is 22.8. The molecule has 0 aliphatic carbocycles. The van der Waals surface area contributed by atoms with E-state index in [0.29, 0.717) is 31.6 Å². The van der Waals surface area contributed by atoms with Crippen molar-refractivity contribution in [2.75, 3.05) is 23.3 Å². The maximum absolute atomic E-state index is 13.1. The third-order valence-electron chi connectivity index (χ3n) is 5.99. The lowest BCUT2D eigenvalue weighted by Gasteiger charge is -2.32. The Bertz CT molecular complexity index is 1290. The molecule has 1 N–H and O–H groups in total. The molecule has 1 fully saturated rings. The molecule has 2 heterocycles. The van der Waals surface area contributed by atoms with Gasteiger partial charge in [0.25, 0.3) is 5.69 Å². The van der Waals surface area contributed by atoms with Gasteiger partial charge >= 0.3 is 0 Å². The number of aromatic nitrogens is 1. The van der Waals surface area contributed by atoms with Crippen molar-refractivity contribution in [3.63, 3.8) is 0 Å². The van der Waals surface area contributed by atoms with Crippen LogP contribution in [0.5, 0.6) is 0 Å². The Morgan fingerprint density at radius 1 is 1.00 bits per heavy atom. The quantitative estimate of drug-likeness (QED) is 0.305. The summed E-state index contributed by atoms with van der Waals surface area (Å²) in [6.45, 7) is 1.20. The molecule has 1 amide bonds. The van der Waals surface area contributed by atoms with Gasteiger partial charge in [-0.15, -0.1) is 11.3 Å². The van der Waals surface area contributed by atoms with Crippen molar-refractivity contribution in [3.05, 3.63) is 82.9 Å². The van der Waals surface area contributed by atoms with Gasteiger partial charge in [0.2, 0.25) is 5.91 Å². The zero-order valence-electron chi connectivity index (χ0n) is 17.8. The molecule has 0 saturated carbocycles. The van der Waals surface area contributed by atoms with Crippen molar-refractivity contribution in [2.45, 2.75) is 12.8 Å². The van der Waals surface area contributed by atoms with E-state index in [-0.39, 0.29) is 22.4 Å². The summed E-state index contributed by atoms with van der Waals surface area (Å²) in [5.41, 5.74) is 3.32. The number of fused-ring (bicyclic) bond motifs is 1. The van der Waals surface area contributed by atoms with E-state index in [1.807, 2.05) is 53.4 Å². The lowest BCUT2D eigenvalue weighted by atomic mass is 9.95. The number of nitro benzene ring substituents is 1. The van der Waals surface area contributed by atoms with E-state index in [9.17, 15) is 14.9 Å². The number of carbonyl (C=O) groups excluding carboxylic acids is 1. The molecule has 1 aliphatic rings. The molecular formula is C25H22N4O3S. The largest absolute Gasteiger partial charge is 0.366 e. The van der Waals surface area contributed by atoms with Crippen molar-refractivity contribution in [3.8, 4) is 10.6 Å². The normalized spacial score (nSPS) is 14.4. The molecule has 0 atom stereocenters. The Balaban J connectivity index is 1.29. The molecule has 0 radical (unpaired) electrons. The number of piperidine rings is 1. The Hall–Kier alpha value is -3.78. The Morgan fingerprint density at radius 3 is 2.48 bits per heavy atom. The Morgan fingerprint density at radius 2 is 1.70 bits per heavy atom. The van der Waals surface area contributed by atoms with Crippen LogP contribution in [0.1, 0.15) is 12.8 Å². The number of hydrogen-bond acceptors (Lipinski definition) is 6. The van der Waals surface area contributed by atoms with Crippen molar-refractivity contribution in [1.82, 2.24) is 4.98 Å². The third kappa shape index (κ3) is 4.29. The maximum atomic E-state index is 13.1. The first kappa shape index (κ1) is 21.1. The minimum absolute atomic E-state index is 0.0224. The fraction of sp³-hybridized carbons (Fsp3) is 0.200. The molecule has 166 valence electrons. The van der Waals surface area contributed by atoms with Gasteiger partial charge < -0.3 is 10.2 Å². The summed E-state index contributed by atoms with van der Waals surface area (Å²) in [6, 6.07) is 22.5. The van der Waals surface area contributed by atoms with Gasteiger partial charge in [0.1, 0.15) is 10.7 Å². The van der Waals surface area contributed by atoms with Gasteiger partial charge in [-0.2, -0.15) is 0 Å². The highest BCUT2D eigenvalue weighted by atomic mass is 32.1. The second kappa shape index (κ2) is 8.99. The Labute approximate surface area is 194 Å². The van der Waals surface area contributed by atoms with E-state index >= 15 is 0 Å². The number of rotatable bonds is 5. The van der Waals surface area contributed by atoms with Crippen LogP contribution in [0.25, 0.3) is 20.8 Å². The lowest BCUT2D eigenvalue weighted by molar-refractivity contribution is -0.384.